The molecule has 2 aliphatic carbocycles. The molecule has 3 N–H and O–H groups in total. The number of hydrogen-bond acceptors (Lipinski definition) is 8. The highest BCUT2D eigenvalue weighted by Gasteiger charge is 2.70. The van der Waals surface area contributed by atoms with Gasteiger partial charge in [-0.15, -0.1) is 0 Å². The molecule has 6 atom stereocenters. The van der Waals surface area contributed by atoms with Gasteiger partial charge in [-0.25, -0.2) is 4.98 Å². The van der Waals surface area contributed by atoms with Crippen LogP contribution in [0.4, 0.5) is 19.0 Å². The lowest BCUT2D eigenvalue weighted by Gasteiger charge is -2.50. The molecule has 242 valence electrons. The fraction of sp³-hybridized carbons (Fsp3) is 0.281. The van der Waals surface area contributed by atoms with E-state index in [-0.39, 0.29) is 29.5 Å². The molecule has 15 heteroatoms. The van der Waals surface area contributed by atoms with Crippen molar-refractivity contribution in [3.8, 4) is 5.75 Å². The zero-order valence-corrected chi connectivity index (χ0v) is 25.4. The number of amides is 4. The van der Waals surface area contributed by atoms with Crippen LogP contribution in [0.3, 0.4) is 0 Å². The number of carbonyl (C=O) groups is 4. The van der Waals surface area contributed by atoms with Gasteiger partial charge in [0.25, 0.3) is 23.6 Å². The number of hydroxylamine groups is 2. The van der Waals surface area contributed by atoms with Gasteiger partial charge in [0.1, 0.15) is 5.75 Å². The number of aromatic nitrogens is 1. The van der Waals surface area contributed by atoms with Crippen LogP contribution in [0.1, 0.15) is 35.4 Å². The first-order chi connectivity index (χ1) is 22.2. The molecule has 1 aromatic heterocycles. The Balaban J connectivity index is 1.44. The van der Waals surface area contributed by atoms with E-state index in [0.717, 1.165) is 0 Å². The van der Waals surface area contributed by atoms with Gasteiger partial charge in [-0.3, -0.25) is 29.8 Å². The minimum Gasteiger partial charge on any atom is -0.508 e. The molecule has 4 aliphatic rings. The number of halogens is 5. The molecule has 10 nitrogen and oxygen atoms in total. The van der Waals surface area contributed by atoms with Crippen molar-refractivity contribution in [3.05, 3.63) is 99.2 Å². The number of aromatic hydroxyl groups is 1. The highest BCUT2D eigenvalue weighted by molar-refractivity contribution is 6.33. The van der Waals surface area contributed by atoms with Gasteiger partial charge in [-0.05, 0) is 60.2 Å². The maximum absolute atomic E-state index is 14.9. The summed E-state index contributed by atoms with van der Waals surface area (Å²) in [5, 5.41) is 21.4. The topological polar surface area (TPSA) is 140 Å². The molecule has 2 saturated heterocycles. The van der Waals surface area contributed by atoms with Crippen molar-refractivity contribution in [2.24, 2.45) is 23.7 Å². The van der Waals surface area contributed by atoms with Crippen LogP contribution in [0.15, 0.2) is 72.4 Å². The molecular formula is C32H23Cl2F3N4O6. The van der Waals surface area contributed by atoms with Gasteiger partial charge in [0.2, 0.25) is 0 Å². The second-order valence-corrected chi connectivity index (χ2v) is 12.8. The van der Waals surface area contributed by atoms with Crippen LogP contribution in [0.2, 0.25) is 10.0 Å². The van der Waals surface area contributed by atoms with Crippen LogP contribution in [0.25, 0.3) is 0 Å². The minimum atomic E-state index is -4.75. The predicted octanol–water partition coefficient (Wildman–Crippen LogP) is 5.49. The van der Waals surface area contributed by atoms with E-state index in [1.165, 1.54) is 12.1 Å². The molecule has 3 fully saturated rings. The van der Waals surface area contributed by atoms with Crippen LogP contribution in [0, 0.1) is 23.7 Å². The number of imide groups is 2. The van der Waals surface area contributed by atoms with Crippen LogP contribution >= 0.6 is 23.2 Å². The van der Waals surface area contributed by atoms with Crippen molar-refractivity contribution in [3.63, 3.8) is 0 Å². The Morgan fingerprint density at radius 1 is 0.957 bits per heavy atom. The van der Waals surface area contributed by atoms with Gasteiger partial charge >= 0.3 is 6.18 Å². The van der Waals surface area contributed by atoms with Crippen LogP contribution < -0.4 is 5.43 Å². The average molecular weight is 687 g/mol. The summed E-state index contributed by atoms with van der Waals surface area (Å²) in [5.74, 6) is -8.56. The lowest BCUT2D eigenvalue weighted by molar-refractivity contribution is -0.173. The molecule has 47 heavy (non-hydrogen) atoms. The number of pyridine rings is 1. The summed E-state index contributed by atoms with van der Waals surface area (Å²) in [5.41, 5.74) is 1.02. The number of allylic oxidation sites excluding steroid dienone is 2. The molecule has 0 radical (unpaired) electrons. The van der Waals surface area contributed by atoms with E-state index in [4.69, 9.17) is 23.2 Å². The summed E-state index contributed by atoms with van der Waals surface area (Å²) >= 11 is 12.4. The molecule has 2 aromatic carbocycles. The maximum atomic E-state index is 14.9. The summed E-state index contributed by atoms with van der Waals surface area (Å²) in [6.45, 7) is 0. The second kappa shape index (κ2) is 10.8. The third-order valence-corrected chi connectivity index (χ3v) is 10.3. The number of anilines is 1. The SMILES string of the molecule is O=C1C2CC=C3C(CC4C(=O)N(Nc5ncc(C(F)(F)F)cc5Cl)C(=O)C4(c4ccc(Cl)cc4)C3c3cccc(O)c3)C2C(=O)N1O. The smallest absolute Gasteiger partial charge is 0.417 e. The number of rotatable bonds is 4. The summed E-state index contributed by atoms with van der Waals surface area (Å²) < 4.78 is 39.9. The van der Waals surface area contributed by atoms with Gasteiger partial charge in [-0.2, -0.15) is 23.2 Å². The molecule has 1 saturated carbocycles. The number of nitrogens with one attached hydrogen (secondary N) is 1. The molecule has 0 bridgehead atoms. The van der Waals surface area contributed by atoms with Crippen molar-refractivity contribution in [2.75, 3.05) is 5.43 Å². The zero-order chi connectivity index (χ0) is 33.6. The molecule has 4 amide bonds. The average Bonchev–Trinajstić information content (AvgIpc) is 3.38. The maximum Gasteiger partial charge on any atom is 0.417 e. The number of hydrazine groups is 1. The van der Waals surface area contributed by atoms with Crippen molar-refractivity contribution >= 4 is 52.6 Å². The number of nitrogens with zero attached hydrogens (tertiary/aromatic N) is 3. The van der Waals surface area contributed by atoms with E-state index in [9.17, 15) is 42.7 Å². The summed E-state index contributed by atoms with van der Waals surface area (Å²) in [4.78, 5) is 59.2. The Morgan fingerprint density at radius 2 is 1.68 bits per heavy atom. The van der Waals surface area contributed by atoms with Crippen molar-refractivity contribution in [2.45, 2.75) is 30.4 Å². The summed E-state index contributed by atoms with van der Waals surface area (Å²) in [6.07, 6.45) is -2.51. The lowest BCUT2D eigenvalue weighted by Crippen LogP contribution is -2.53. The van der Waals surface area contributed by atoms with E-state index in [1.807, 2.05) is 0 Å². The number of phenols is 1. The Hall–Kier alpha value is -4.46. The molecule has 7 rings (SSSR count). The summed E-state index contributed by atoms with van der Waals surface area (Å²) in [6, 6.07) is 13.0. The van der Waals surface area contributed by atoms with Crippen LogP contribution in [-0.4, -0.2) is 49.0 Å². The Kier molecular flexibility index (Phi) is 7.15. The van der Waals surface area contributed by atoms with E-state index < -0.39 is 75.4 Å². The standard InChI is InChI=1S/C32H23Cl2F3N4O6/c33-17-6-4-15(5-7-17)31-22(28(44)40(30(31)46)39-26-23(34)11-16(13-38-26)32(35,36)37)12-21-19(25(31)14-2-1-3-18(42)10-14)8-9-20-24(21)29(45)41(47)27(20)43/h1-8,10-11,13,20-22,24-25,42,47H,9,12H2,(H,38,39). The highest BCUT2D eigenvalue weighted by atomic mass is 35.5. The lowest BCUT2D eigenvalue weighted by atomic mass is 9.49. The van der Waals surface area contributed by atoms with Gasteiger partial charge in [-0.1, -0.05) is 59.1 Å². The first kappa shape index (κ1) is 31.2. The van der Waals surface area contributed by atoms with Gasteiger partial charge in [0, 0.05) is 17.1 Å². The molecule has 6 unspecified atom stereocenters. The Labute approximate surface area is 274 Å². The number of alkyl halides is 3. The van der Waals surface area contributed by atoms with Gasteiger partial charge in [0.05, 0.1) is 33.8 Å². The van der Waals surface area contributed by atoms with E-state index in [0.29, 0.717) is 39.0 Å². The van der Waals surface area contributed by atoms with Gasteiger partial charge in [0.15, 0.2) is 5.82 Å². The Morgan fingerprint density at radius 3 is 2.34 bits per heavy atom. The molecule has 3 heterocycles. The molecular weight excluding hydrogens is 664 g/mol. The fourth-order valence-corrected chi connectivity index (χ4v) is 8.18. The second-order valence-electron chi connectivity index (χ2n) is 12.0. The number of carbonyl (C=O) groups excluding carboxylic acids is 4. The molecule has 2 aliphatic heterocycles. The number of benzene rings is 2. The largest absolute Gasteiger partial charge is 0.508 e. The summed E-state index contributed by atoms with van der Waals surface area (Å²) in [7, 11) is 0. The van der Waals surface area contributed by atoms with E-state index >= 15 is 0 Å². The van der Waals surface area contributed by atoms with E-state index in [1.54, 1.807) is 42.5 Å². The predicted molar refractivity (Wildman–Crippen MR) is 159 cm³/mol. The number of fused-ring (bicyclic) bond motifs is 4. The monoisotopic (exact) mass is 686 g/mol. The first-order valence-electron chi connectivity index (χ1n) is 14.4. The molecule has 3 aromatic rings. The number of phenolic OH excluding ortho intramolecular Hbond substituents is 1. The fourth-order valence-electron chi connectivity index (χ4n) is 7.85. The van der Waals surface area contributed by atoms with Crippen molar-refractivity contribution in [1.29, 1.82) is 0 Å². The van der Waals surface area contributed by atoms with Gasteiger partial charge < -0.3 is 5.11 Å². The van der Waals surface area contributed by atoms with Crippen LogP contribution in [0.5, 0.6) is 5.75 Å². The van der Waals surface area contributed by atoms with Crippen LogP contribution in [-0.2, 0) is 30.8 Å². The Bertz CT molecular complexity index is 1900. The quantitative estimate of drug-likeness (QED) is 0.186. The van der Waals surface area contributed by atoms with Crippen molar-refractivity contribution < 1.29 is 42.7 Å². The van der Waals surface area contributed by atoms with Crippen molar-refractivity contribution in [1.82, 2.24) is 15.1 Å². The zero-order valence-electron chi connectivity index (χ0n) is 23.9. The third kappa shape index (κ3) is 4.54. The third-order valence-electron chi connectivity index (χ3n) is 9.74. The first-order valence-corrected chi connectivity index (χ1v) is 15.2. The molecule has 0 spiro atoms. The normalized spacial score (nSPS) is 28.6. The minimum absolute atomic E-state index is 0.0734. The highest BCUT2D eigenvalue weighted by Crippen LogP contribution is 2.64. The van der Waals surface area contributed by atoms with E-state index in [2.05, 4.69) is 10.4 Å². The number of hydrogen-bond donors (Lipinski definition) is 3.